The van der Waals surface area contributed by atoms with Crippen LogP contribution in [0.5, 0.6) is 0 Å². The predicted molar refractivity (Wildman–Crippen MR) is 132 cm³/mol. The molecule has 5 rings (SSSR count). The van der Waals surface area contributed by atoms with E-state index in [1.54, 1.807) is 0 Å². The molecule has 1 atom stereocenters. The molecule has 3 heterocycles. The maximum Gasteiger partial charge on any atom is 0.273 e. The van der Waals surface area contributed by atoms with Crippen LogP contribution in [0.15, 0.2) is 29.3 Å². The zero-order valence-electron chi connectivity index (χ0n) is 19.3. The van der Waals surface area contributed by atoms with Gasteiger partial charge in [0.15, 0.2) is 10.8 Å². The van der Waals surface area contributed by atoms with Crippen LogP contribution < -0.4 is 21.1 Å². The van der Waals surface area contributed by atoms with Crippen molar-refractivity contribution < 1.29 is 9.59 Å². The molecule has 3 aromatic rings. The van der Waals surface area contributed by atoms with Crippen LogP contribution in [-0.4, -0.2) is 45.5 Å². The minimum atomic E-state index is -0.295. The molecule has 2 amide bonds. The first-order chi connectivity index (χ1) is 16.4. The van der Waals surface area contributed by atoms with E-state index in [1.807, 2.05) is 32.0 Å². The number of benzene rings is 1. The van der Waals surface area contributed by atoms with E-state index in [0.29, 0.717) is 33.8 Å². The fraction of sp³-hybridized carbons (Fsp3) is 0.458. The third kappa shape index (κ3) is 4.82. The molecule has 2 aliphatic rings. The van der Waals surface area contributed by atoms with Gasteiger partial charge >= 0.3 is 0 Å². The van der Waals surface area contributed by atoms with Crippen molar-refractivity contribution in [1.29, 1.82) is 0 Å². The van der Waals surface area contributed by atoms with Crippen molar-refractivity contribution in [3.05, 3.63) is 46.0 Å². The highest BCUT2D eigenvalue weighted by Gasteiger charge is 2.31. The number of anilines is 2. The van der Waals surface area contributed by atoms with Gasteiger partial charge < -0.3 is 15.5 Å². The normalized spacial score (nSPS) is 18.2. The fourth-order valence-electron chi connectivity index (χ4n) is 4.17. The van der Waals surface area contributed by atoms with E-state index in [1.165, 1.54) is 22.2 Å². The summed E-state index contributed by atoms with van der Waals surface area (Å²) in [5.41, 5.74) is 3.01. The molecule has 0 spiro atoms. The van der Waals surface area contributed by atoms with Gasteiger partial charge in [0.2, 0.25) is 11.8 Å². The van der Waals surface area contributed by atoms with Gasteiger partial charge in [-0.3, -0.25) is 19.0 Å². The molecule has 1 aliphatic carbocycles. The number of carbonyl (C=O) groups excluding carboxylic acids is 2. The van der Waals surface area contributed by atoms with Crippen LogP contribution >= 0.6 is 11.3 Å². The van der Waals surface area contributed by atoms with E-state index in [-0.39, 0.29) is 29.8 Å². The second-order valence-corrected chi connectivity index (χ2v) is 10.2. The number of fused-ring (bicyclic) bond motifs is 1. The molecule has 2 aromatic heterocycles. The molecule has 1 saturated heterocycles. The van der Waals surface area contributed by atoms with Crippen molar-refractivity contribution in [1.82, 2.24) is 19.9 Å². The molecule has 10 heteroatoms. The molecular weight excluding hydrogens is 452 g/mol. The summed E-state index contributed by atoms with van der Waals surface area (Å²) in [5.74, 6) is -0.250. The van der Waals surface area contributed by atoms with Crippen molar-refractivity contribution in [2.24, 2.45) is 5.92 Å². The monoisotopic (exact) mass is 480 g/mol. The first-order valence-electron chi connectivity index (χ1n) is 11.7. The molecule has 2 N–H and O–H groups in total. The van der Waals surface area contributed by atoms with Gasteiger partial charge in [-0.05, 0) is 62.8 Å². The molecule has 2 fully saturated rings. The first-order valence-corrected chi connectivity index (χ1v) is 12.5. The van der Waals surface area contributed by atoms with Gasteiger partial charge in [0.05, 0.1) is 5.92 Å². The number of piperidine rings is 1. The Labute approximate surface area is 201 Å². The number of hydrogen-bond donors (Lipinski definition) is 2. The highest BCUT2D eigenvalue weighted by atomic mass is 32.1. The molecule has 9 nitrogen and oxygen atoms in total. The zero-order valence-corrected chi connectivity index (χ0v) is 20.2. The van der Waals surface area contributed by atoms with Crippen molar-refractivity contribution in [2.75, 3.05) is 23.3 Å². The minimum absolute atomic E-state index is 0.0694. The third-order valence-electron chi connectivity index (χ3n) is 6.46. The maximum absolute atomic E-state index is 13.0. The summed E-state index contributed by atoms with van der Waals surface area (Å²) in [7, 11) is 0. The third-order valence-corrected chi connectivity index (χ3v) is 7.56. The zero-order chi connectivity index (χ0) is 23.8. The first kappa shape index (κ1) is 22.5. The van der Waals surface area contributed by atoms with Crippen molar-refractivity contribution in [3.63, 3.8) is 0 Å². The van der Waals surface area contributed by atoms with Gasteiger partial charge in [-0.15, -0.1) is 0 Å². The van der Waals surface area contributed by atoms with Crippen LogP contribution in [0.1, 0.15) is 36.8 Å². The lowest BCUT2D eigenvalue weighted by molar-refractivity contribution is -0.125. The summed E-state index contributed by atoms with van der Waals surface area (Å²) in [5, 5.41) is 6.63. The Bertz CT molecular complexity index is 1310. The number of nitrogens with one attached hydrogen (secondary N) is 2. The Hall–Kier alpha value is -3.27. The largest absolute Gasteiger partial charge is 0.353 e. The van der Waals surface area contributed by atoms with Crippen molar-refractivity contribution >= 4 is 44.3 Å². The van der Waals surface area contributed by atoms with Crippen LogP contribution in [0.3, 0.4) is 0 Å². The summed E-state index contributed by atoms with van der Waals surface area (Å²) >= 11 is 1.27. The second-order valence-electron chi connectivity index (χ2n) is 9.24. The van der Waals surface area contributed by atoms with E-state index >= 15 is 0 Å². The summed E-state index contributed by atoms with van der Waals surface area (Å²) in [6.07, 6.45) is 5.27. The predicted octanol–water partition coefficient (Wildman–Crippen LogP) is 2.60. The number of hydrogen-bond acceptors (Lipinski definition) is 7. The number of amides is 2. The summed E-state index contributed by atoms with van der Waals surface area (Å²) in [6, 6.07) is 6.05. The van der Waals surface area contributed by atoms with Gasteiger partial charge in [0, 0.05) is 24.8 Å². The van der Waals surface area contributed by atoms with Crippen LogP contribution in [0.2, 0.25) is 0 Å². The van der Waals surface area contributed by atoms with Crippen LogP contribution in [0.4, 0.5) is 10.8 Å². The molecule has 0 bridgehead atoms. The Morgan fingerprint density at radius 3 is 2.76 bits per heavy atom. The average Bonchev–Trinajstić information content (AvgIpc) is 3.52. The van der Waals surface area contributed by atoms with Crippen molar-refractivity contribution in [2.45, 2.75) is 52.1 Å². The van der Waals surface area contributed by atoms with E-state index < -0.39 is 0 Å². The summed E-state index contributed by atoms with van der Waals surface area (Å²) in [4.78, 5) is 49.0. The van der Waals surface area contributed by atoms with E-state index in [4.69, 9.17) is 0 Å². The number of thiazole rings is 1. The number of carbonyl (C=O) groups is 2. The van der Waals surface area contributed by atoms with Crippen LogP contribution in [0, 0.1) is 19.8 Å². The van der Waals surface area contributed by atoms with Crippen molar-refractivity contribution in [3.8, 4) is 0 Å². The molecule has 1 saturated carbocycles. The Morgan fingerprint density at radius 2 is 2.00 bits per heavy atom. The highest BCUT2D eigenvalue weighted by Crippen LogP contribution is 2.30. The molecular formula is C24H28N6O3S. The standard InChI is InChI=1S/C24H28N6O3S/c1-14-5-6-18(10-15(14)2)26-19(31)12-30-13-25-21-20(23(30)33)34-24(28-21)29-9-3-4-16(11-29)22(32)27-17-7-8-17/h5-6,10,13,16-17H,3-4,7-9,11-12H2,1-2H3,(H,26,31)(H,27,32)/t16-/m1/s1. The Balaban J connectivity index is 1.29. The second kappa shape index (κ2) is 9.17. The lowest BCUT2D eigenvalue weighted by Crippen LogP contribution is -2.43. The summed E-state index contributed by atoms with van der Waals surface area (Å²) in [6.45, 7) is 5.25. The Kier molecular flexibility index (Phi) is 6.07. The average molecular weight is 481 g/mol. The van der Waals surface area contributed by atoms with Gasteiger partial charge in [-0.1, -0.05) is 17.4 Å². The Morgan fingerprint density at radius 1 is 1.18 bits per heavy atom. The number of rotatable bonds is 6. The van der Waals surface area contributed by atoms with E-state index in [0.717, 1.165) is 43.4 Å². The molecule has 34 heavy (non-hydrogen) atoms. The minimum Gasteiger partial charge on any atom is -0.353 e. The van der Waals surface area contributed by atoms with Gasteiger partial charge in [0.25, 0.3) is 5.56 Å². The topological polar surface area (TPSA) is 109 Å². The molecule has 0 unspecified atom stereocenters. The number of aromatic nitrogens is 3. The molecule has 1 aliphatic heterocycles. The van der Waals surface area contributed by atoms with Crippen LogP contribution in [-0.2, 0) is 16.1 Å². The lowest BCUT2D eigenvalue weighted by atomic mass is 9.97. The molecule has 178 valence electrons. The van der Waals surface area contributed by atoms with E-state index in [2.05, 4.69) is 25.5 Å². The van der Waals surface area contributed by atoms with Gasteiger partial charge in [0.1, 0.15) is 17.6 Å². The number of nitrogens with zero attached hydrogens (tertiary/aromatic N) is 4. The highest BCUT2D eigenvalue weighted by molar-refractivity contribution is 7.22. The molecule has 1 aromatic carbocycles. The summed E-state index contributed by atoms with van der Waals surface area (Å²) < 4.78 is 1.73. The number of aryl methyl sites for hydroxylation is 2. The fourth-order valence-corrected chi connectivity index (χ4v) is 5.17. The van der Waals surface area contributed by atoms with Gasteiger partial charge in [-0.25, -0.2) is 4.98 Å². The quantitative estimate of drug-likeness (QED) is 0.561. The maximum atomic E-state index is 13.0. The van der Waals surface area contributed by atoms with E-state index in [9.17, 15) is 14.4 Å². The van der Waals surface area contributed by atoms with Crippen LogP contribution in [0.25, 0.3) is 10.3 Å². The smallest absolute Gasteiger partial charge is 0.273 e. The lowest BCUT2D eigenvalue weighted by Gasteiger charge is -2.31. The van der Waals surface area contributed by atoms with Gasteiger partial charge in [-0.2, -0.15) is 4.98 Å². The molecule has 0 radical (unpaired) electrons. The SMILES string of the molecule is Cc1ccc(NC(=O)Cn2cnc3nc(N4CCC[C@@H](C(=O)NC5CC5)C4)sc3c2=O)cc1C.